The Morgan fingerprint density at radius 2 is 1.25 bits per heavy atom. The predicted molar refractivity (Wildman–Crippen MR) is 112 cm³/mol. The Morgan fingerprint density at radius 1 is 0.781 bits per heavy atom. The van der Waals surface area contributed by atoms with Crippen LogP contribution in [0.5, 0.6) is 0 Å². The van der Waals surface area contributed by atoms with Gasteiger partial charge in [-0.15, -0.1) is 0 Å². The summed E-state index contributed by atoms with van der Waals surface area (Å²) in [5.41, 5.74) is 1.78. The van der Waals surface area contributed by atoms with Crippen LogP contribution in [0, 0.1) is 13.8 Å². The smallest absolute Gasteiger partial charge is 0.297 e. The largest absolute Gasteiger partial charge is 0.370 e. The first-order chi connectivity index (χ1) is 15.1. The first-order valence-corrected chi connectivity index (χ1v) is 12.7. The predicted octanol–water partition coefficient (Wildman–Crippen LogP) is 1.92. The molecular weight excluding hydrogens is 460 g/mol. The van der Waals surface area contributed by atoms with Crippen molar-refractivity contribution in [3.05, 3.63) is 59.7 Å². The zero-order valence-electron chi connectivity index (χ0n) is 17.7. The molecule has 2 saturated heterocycles. The maximum absolute atomic E-state index is 12.8. The van der Waals surface area contributed by atoms with Crippen LogP contribution >= 0.6 is 0 Å². The van der Waals surface area contributed by atoms with Gasteiger partial charge in [-0.1, -0.05) is 35.4 Å². The van der Waals surface area contributed by atoms with Crippen LogP contribution in [0.3, 0.4) is 0 Å². The van der Waals surface area contributed by atoms with Crippen molar-refractivity contribution in [3.63, 3.8) is 0 Å². The van der Waals surface area contributed by atoms with Gasteiger partial charge in [-0.25, -0.2) is 0 Å². The molecule has 2 aliphatic heterocycles. The van der Waals surface area contributed by atoms with Crippen LogP contribution < -0.4 is 0 Å². The van der Waals surface area contributed by atoms with E-state index in [1.165, 1.54) is 31.4 Å². The molecule has 2 bridgehead atoms. The van der Waals surface area contributed by atoms with Gasteiger partial charge in [0.15, 0.2) is 12.4 Å². The fourth-order valence-electron chi connectivity index (χ4n) is 3.63. The SMILES string of the molecule is COC1OC2COC(C2OS(=O)(=O)c2ccc(C)cc2)C1OS(=O)(=O)c1ccc(C)cc1. The molecule has 0 aliphatic carbocycles. The van der Waals surface area contributed by atoms with Crippen LogP contribution in [0.25, 0.3) is 0 Å². The minimum Gasteiger partial charge on any atom is -0.370 e. The van der Waals surface area contributed by atoms with E-state index in [2.05, 4.69) is 0 Å². The summed E-state index contributed by atoms with van der Waals surface area (Å²) in [5.74, 6) is 0. The van der Waals surface area contributed by atoms with Gasteiger partial charge in [-0.2, -0.15) is 16.8 Å². The van der Waals surface area contributed by atoms with Gasteiger partial charge in [0.05, 0.1) is 16.4 Å². The lowest BCUT2D eigenvalue weighted by molar-refractivity contribution is -0.241. The molecule has 174 valence electrons. The standard InChI is InChI=1S/C21H24O9S2/c1-13-4-8-15(9-5-13)31(22,23)29-18-17-12-27-19(18)20(21(26-3)28-17)30-32(24,25)16-10-6-14(2)7-11-16/h4-11,17-21H,12H2,1-3H3. The number of benzene rings is 2. The van der Waals surface area contributed by atoms with E-state index in [4.69, 9.17) is 22.6 Å². The van der Waals surface area contributed by atoms with E-state index in [9.17, 15) is 16.8 Å². The van der Waals surface area contributed by atoms with Gasteiger partial charge < -0.3 is 14.2 Å². The van der Waals surface area contributed by atoms with Gasteiger partial charge in [0.1, 0.15) is 18.3 Å². The topological polar surface area (TPSA) is 114 Å². The minimum absolute atomic E-state index is 0.00303. The molecule has 2 aliphatic rings. The first-order valence-electron chi connectivity index (χ1n) is 9.90. The summed E-state index contributed by atoms with van der Waals surface area (Å²) in [7, 11) is -7.03. The summed E-state index contributed by atoms with van der Waals surface area (Å²) in [6.45, 7) is 3.67. The lowest BCUT2D eigenvalue weighted by atomic mass is 10.0. The maximum Gasteiger partial charge on any atom is 0.297 e. The van der Waals surface area contributed by atoms with Gasteiger partial charge in [0.25, 0.3) is 20.2 Å². The highest BCUT2D eigenvalue weighted by Gasteiger charge is 2.56. The van der Waals surface area contributed by atoms with Crippen LogP contribution in [0.15, 0.2) is 58.3 Å². The molecule has 32 heavy (non-hydrogen) atoms. The molecule has 0 radical (unpaired) electrons. The van der Waals surface area contributed by atoms with E-state index in [1.54, 1.807) is 24.3 Å². The Hall–Kier alpha value is -1.86. The third kappa shape index (κ3) is 4.60. The number of methoxy groups -OCH3 is 1. The minimum atomic E-state index is -4.21. The second-order valence-corrected chi connectivity index (χ2v) is 10.9. The molecule has 2 aromatic rings. The summed E-state index contributed by atoms with van der Waals surface area (Å²) in [6.07, 6.45) is -5.28. The number of ether oxygens (including phenoxy) is 3. The van der Waals surface area contributed by atoms with Gasteiger partial charge in [0, 0.05) is 7.11 Å². The number of fused-ring (bicyclic) bond motifs is 2. The molecule has 11 heteroatoms. The molecular formula is C21H24O9S2. The highest BCUT2D eigenvalue weighted by molar-refractivity contribution is 7.87. The van der Waals surface area contributed by atoms with Crippen molar-refractivity contribution in [2.24, 2.45) is 0 Å². The maximum atomic E-state index is 12.8. The zero-order valence-corrected chi connectivity index (χ0v) is 19.3. The van der Waals surface area contributed by atoms with E-state index < -0.39 is 50.9 Å². The Bertz CT molecular complexity index is 1160. The highest BCUT2D eigenvalue weighted by atomic mass is 32.2. The molecule has 0 amide bonds. The number of rotatable bonds is 7. The molecule has 0 N–H and O–H groups in total. The lowest BCUT2D eigenvalue weighted by Gasteiger charge is -2.37. The van der Waals surface area contributed by atoms with Crippen molar-refractivity contribution in [2.75, 3.05) is 13.7 Å². The molecule has 0 aromatic heterocycles. The molecule has 2 heterocycles. The average molecular weight is 485 g/mol. The second-order valence-electron chi connectivity index (χ2n) is 7.73. The van der Waals surface area contributed by atoms with Crippen LogP contribution in [-0.2, 0) is 42.8 Å². The molecule has 0 spiro atoms. The Balaban J connectivity index is 1.59. The Kier molecular flexibility index (Phi) is 6.43. The monoisotopic (exact) mass is 484 g/mol. The molecule has 0 saturated carbocycles. The lowest BCUT2D eigenvalue weighted by Crippen LogP contribution is -2.56. The number of hydrogen-bond donors (Lipinski definition) is 0. The van der Waals surface area contributed by atoms with Crippen molar-refractivity contribution >= 4 is 20.2 Å². The van der Waals surface area contributed by atoms with Crippen molar-refractivity contribution < 1.29 is 39.4 Å². The average Bonchev–Trinajstić information content (AvgIpc) is 3.02. The first kappa shape index (κ1) is 23.3. The molecule has 2 aromatic carbocycles. The van der Waals surface area contributed by atoms with Crippen LogP contribution in [0.4, 0.5) is 0 Å². The molecule has 5 unspecified atom stereocenters. The van der Waals surface area contributed by atoms with Crippen molar-refractivity contribution in [1.29, 1.82) is 0 Å². The molecule has 5 atom stereocenters. The van der Waals surface area contributed by atoms with Crippen molar-refractivity contribution in [2.45, 2.75) is 54.3 Å². The van der Waals surface area contributed by atoms with Gasteiger partial charge >= 0.3 is 0 Å². The van der Waals surface area contributed by atoms with E-state index in [0.29, 0.717) is 0 Å². The Labute approximate surface area is 187 Å². The summed E-state index contributed by atoms with van der Waals surface area (Å²) in [6, 6.07) is 12.3. The molecule has 4 rings (SSSR count). The van der Waals surface area contributed by atoms with Crippen molar-refractivity contribution in [3.8, 4) is 0 Å². The van der Waals surface area contributed by atoms with E-state index in [-0.39, 0.29) is 16.4 Å². The van der Waals surface area contributed by atoms with E-state index in [0.717, 1.165) is 11.1 Å². The third-order valence-electron chi connectivity index (χ3n) is 5.37. The quantitative estimate of drug-likeness (QED) is 0.544. The van der Waals surface area contributed by atoms with Gasteiger partial charge in [0.2, 0.25) is 0 Å². The number of hydrogen-bond acceptors (Lipinski definition) is 9. The van der Waals surface area contributed by atoms with Crippen molar-refractivity contribution in [1.82, 2.24) is 0 Å². The van der Waals surface area contributed by atoms with Crippen LogP contribution in [-0.4, -0.2) is 61.3 Å². The van der Waals surface area contributed by atoms with Gasteiger partial charge in [-0.05, 0) is 38.1 Å². The summed E-state index contributed by atoms with van der Waals surface area (Å²) in [4.78, 5) is -0.0797. The van der Waals surface area contributed by atoms with Crippen LogP contribution in [0.1, 0.15) is 11.1 Å². The Morgan fingerprint density at radius 3 is 1.72 bits per heavy atom. The fraction of sp³-hybridized carbons (Fsp3) is 0.429. The zero-order chi connectivity index (χ0) is 23.1. The molecule has 9 nitrogen and oxygen atoms in total. The third-order valence-corrected chi connectivity index (χ3v) is 8.02. The van der Waals surface area contributed by atoms with E-state index in [1.807, 2.05) is 13.8 Å². The normalized spacial score (nSPS) is 28.0. The van der Waals surface area contributed by atoms with Gasteiger partial charge in [-0.3, -0.25) is 8.37 Å². The van der Waals surface area contributed by atoms with Crippen LogP contribution in [0.2, 0.25) is 0 Å². The second kappa shape index (κ2) is 8.82. The van der Waals surface area contributed by atoms with E-state index >= 15 is 0 Å². The summed E-state index contributed by atoms with van der Waals surface area (Å²) in [5, 5.41) is 0. The summed E-state index contributed by atoms with van der Waals surface area (Å²) < 4.78 is 78.8. The number of aryl methyl sites for hydroxylation is 2. The fourth-order valence-corrected chi connectivity index (χ4v) is 5.81. The molecule has 2 fully saturated rings. The highest BCUT2D eigenvalue weighted by Crippen LogP contribution is 2.37. The summed E-state index contributed by atoms with van der Waals surface area (Å²) >= 11 is 0.